The maximum atomic E-state index is 12.5. The number of rotatable bonds is 6. The molecule has 0 bridgehead atoms. The third kappa shape index (κ3) is 3.70. The molecule has 2 aromatic heterocycles. The molecule has 0 aliphatic carbocycles. The molecule has 6 nitrogen and oxygen atoms in total. The van der Waals surface area contributed by atoms with Gasteiger partial charge in [0.05, 0.1) is 25.4 Å². The molecule has 3 aromatic rings. The molecule has 1 aliphatic rings. The fourth-order valence-corrected chi connectivity index (χ4v) is 3.35. The van der Waals surface area contributed by atoms with Gasteiger partial charge in [0, 0.05) is 11.6 Å². The van der Waals surface area contributed by atoms with Gasteiger partial charge >= 0.3 is 0 Å². The highest BCUT2D eigenvalue weighted by Gasteiger charge is 2.31. The van der Waals surface area contributed by atoms with Crippen molar-refractivity contribution in [1.82, 2.24) is 15.4 Å². The lowest BCUT2D eigenvalue weighted by molar-refractivity contribution is -0.126. The smallest absolute Gasteiger partial charge is 0.237 e. The minimum absolute atomic E-state index is 0.0294. The van der Waals surface area contributed by atoms with Gasteiger partial charge in [0.15, 0.2) is 5.76 Å². The number of nitrogens with one attached hydrogen (secondary N) is 1. The van der Waals surface area contributed by atoms with E-state index in [4.69, 9.17) is 8.94 Å². The monoisotopic (exact) mass is 351 g/mol. The fourth-order valence-electron chi connectivity index (χ4n) is 3.35. The Labute approximate surface area is 151 Å². The van der Waals surface area contributed by atoms with Crippen LogP contribution in [0.5, 0.6) is 0 Å². The number of benzene rings is 1. The molecule has 1 atom stereocenters. The predicted octanol–water partition coefficient (Wildman–Crippen LogP) is 3.22. The second-order valence-electron chi connectivity index (χ2n) is 6.47. The molecule has 134 valence electrons. The average Bonchev–Trinajstić information content (AvgIpc) is 3.43. The van der Waals surface area contributed by atoms with E-state index in [0.29, 0.717) is 13.1 Å². The number of nitrogens with zero attached hydrogens (tertiary/aromatic N) is 2. The predicted molar refractivity (Wildman–Crippen MR) is 95.9 cm³/mol. The van der Waals surface area contributed by atoms with Crippen molar-refractivity contribution in [2.75, 3.05) is 6.54 Å². The Balaban J connectivity index is 1.38. The standard InChI is InChI=1S/C20H21N3O3/c24-20(21-13-16-8-5-11-25-16)19-9-4-10-23(19)14-17-12-18(22-26-17)15-6-2-1-3-7-15/h1-3,5-8,11-12,19H,4,9-10,13-14H2,(H,21,24). The lowest BCUT2D eigenvalue weighted by Gasteiger charge is -2.22. The second-order valence-corrected chi connectivity index (χ2v) is 6.47. The zero-order valence-electron chi connectivity index (χ0n) is 14.4. The largest absolute Gasteiger partial charge is 0.467 e. The number of furan rings is 1. The van der Waals surface area contributed by atoms with E-state index in [0.717, 1.165) is 42.2 Å². The SMILES string of the molecule is O=C(NCc1ccco1)C1CCCN1Cc1cc(-c2ccccc2)no1. The van der Waals surface area contributed by atoms with Gasteiger partial charge in [-0.2, -0.15) is 0 Å². The summed E-state index contributed by atoms with van der Waals surface area (Å²) in [4.78, 5) is 14.7. The first-order chi connectivity index (χ1) is 12.8. The third-order valence-corrected chi connectivity index (χ3v) is 4.67. The van der Waals surface area contributed by atoms with Crippen LogP contribution in [0.3, 0.4) is 0 Å². The molecule has 0 saturated carbocycles. The highest BCUT2D eigenvalue weighted by atomic mass is 16.5. The zero-order valence-corrected chi connectivity index (χ0v) is 14.4. The van der Waals surface area contributed by atoms with Crippen LogP contribution >= 0.6 is 0 Å². The Morgan fingerprint density at radius 2 is 2.08 bits per heavy atom. The van der Waals surface area contributed by atoms with Gasteiger partial charge in [0.1, 0.15) is 11.5 Å². The molecule has 0 radical (unpaired) electrons. The second kappa shape index (κ2) is 7.58. The minimum atomic E-state index is -0.143. The summed E-state index contributed by atoms with van der Waals surface area (Å²) in [5.74, 6) is 1.56. The van der Waals surface area contributed by atoms with E-state index < -0.39 is 0 Å². The third-order valence-electron chi connectivity index (χ3n) is 4.67. The van der Waals surface area contributed by atoms with Crippen molar-refractivity contribution in [3.8, 4) is 11.3 Å². The Kier molecular flexibility index (Phi) is 4.84. The summed E-state index contributed by atoms with van der Waals surface area (Å²) in [5, 5.41) is 7.11. The molecular formula is C20H21N3O3. The molecule has 1 aliphatic heterocycles. The van der Waals surface area contributed by atoms with Crippen LogP contribution in [0.1, 0.15) is 24.4 Å². The Bertz CT molecular complexity index is 842. The summed E-state index contributed by atoms with van der Waals surface area (Å²) < 4.78 is 10.8. The van der Waals surface area contributed by atoms with Crippen LogP contribution in [-0.2, 0) is 17.9 Å². The van der Waals surface area contributed by atoms with Crippen LogP contribution in [0.2, 0.25) is 0 Å². The van der Waals surface area contributed by atoms with Crippen molar-refractivity contribution < 1.29 is 13.7 Å². The van der Waals surface area contributed by atoms with Crippen LogP contribution in [0, 0.1) is 0 Å². The topological polar surface area (TPSA) is 71.5 Å². The zero-order chi connectivity index (χ0) is 17.8. The molecule has 1 saturated heterocycles. The van der Waals surface area contributed by atoms with Crippen molar-refractivity contribution in [1.29, 1.82) is 0 Å². The molecule has 1 unspecified atom stereocenters. The normalized spacial score (nSPS) is 17.5. The van der Waals surface area contributed by atoms with E-state index in [2.05, 4.69) is 15.4 Å². The van der Waals surface area contributed by atoms with Gasteiger partial charge in [-0.05, 0) is 31.5 Å². The van der Waals surface area contributed by atoms with E-state index >= 15 is 0 Å². The van der Waals surface area contributed by atoms with E-state index in [1.807, 2.05) is 48.5 Å². The first-order valence-corrected chi connectivity index (χ1v) is 8.85. The van der Waals surface area contributed by atoms with Crippen LogP contribution in [0.25, 0.3) is 11.3 Å². The summed E-state index contributed by atoms with van der Waals surface area (Å²) in [6, 6.07) is 15.4. The lowest BCUT2D eigenvalue weighted by Crippen LogP contribution is -2.42. The van der Waals surface area contributed by atoms with Crippen molar-refractivity contribution >= 4 is 5.91 Å². The van der Waals surface area contributed by atoms with Gasteiger partial charge in [-0.25, -0.2) is 0 Å². The quantitative estimate of drug-likeness (QED) is 0.738. The number of aromatic nitrogens is 1. The van der Waals surface area contributed by atoms with Gasteiger partial charge in [-0.15, -0.1) is 0 Å². The van der Waals surface area contributed by atoms with E-state index in [9.17, 15) is 4.79 Å². The number of carbonyl (C=O) groups is 1. The van der Waals surface area contributed by atoms with Gasteiger partial charge < -0.3 is 14.3 Å². The van der Waals surface area contributed by atoms with E-state index in [1.54, 1.807) is 6.26 Å². The molecule has 3 heterocycles. The Morgan fingerprint density at radius 1 is 1.19 bits per heavy atom. The molecule has 1 amide bonds. The fraction of sp³-hybridized carbons (Fsp3) is 0.300. The van der Waals surface area contributed by atoms with Gasteiger partial charge in [0.25, 0.3) is 0 Å². The molecule has 6 heteroatoms. The number of hydrogen-bond acceptors (Lipinski definition) is 5. The van der Waals surface area contributed by atoms with Gasteiger partial charge in [-0.1, -0.05) is 35.5 Å². The maximum absolute atomic E-state index is 12.5. The van der Waals surface area contributed by atoms with Gasteiger partial charge in [-0.3, -0.25) is 9.69 Å². The Morgan fingerprint density at radius 3 is 2.88 bits per heavy atom. The van der Waals surface area contributed by atoms with Crippen LogP contribution in [0.4, 0.5) is 0 Å². The highest BCUT2D eigenvalue weighted by molar-refractivity contribution is 5.81. The number of carbonyl (C=O) groups excluding carboxylic acids is 1. The van der Waals surface area contributed by atoms with Crippen molar-refractivity contribution in [2.45, 2.75) is 32.0 Å². The minimum Gasteiger partial charge on any atom is -0.467 e. The Hall–Kier alpha value is -2.86. The van der Waals surface area contributed by atoms with Crippen molar-refractivity contribution in [2.24, 2.45) is 0 Å². The summed E-state index contributed by atoms with van der Waals surface area (Å²) in [5.41, 5.74) is 1.84. The first kappa shape index (κ1) is 16.6. The molecule has 1 aromatic carbocycles. The van der Waals surface area contributed by atoms with E-state index in [-0.39, 0.29) is 11.9 Å². The molecule has 0 spiro atoms. The molecule has 1 fully saturated rings. The summed E-state index contributed by atoms with van der Waals surface area (Å²) in [6.45, 7) is 1.87. The summed E-state index contributed by atoms with van der Waals surface area (Å²) >= 11 is 0. The lowest BCUT2D eigenvalue weighted by atomic mass is 10.1. The van der Waals surface area contributed by atoms with Crippen molar-refractivity contribution in [3.05, 3.63) is 66.3 Å². The van der Waals surface area contributed by atoms with Gasteiger partial charge in [0.2, 0.25) is 5.91 Å². The molecular weight excluding hydrogens is 330 g/mol. The summed E-state index contributed by atoms with van der Waals surface area (Å²) in [7, 11) is 0. The molecule has 1 N–H and O–H groups in total. The average molecular weight is 351 g/mol. The van der Waals surface area contributed by atoms with Crippen LogP contribution in [0.15, 0.2) is 63.7 Å². The van der Waals surface area contributed by atoms with Crippen LogP contribution in [-0.4, -0.2) is 28.6 Å². The maximum Gasteiger partial charge on any atom is 0.237 e. The first-order valence-electron chi connectivity index (χ1n) is 8.85. The highest BCUT2D eigenvalue weighted by Crippen LogP contribution is 2.23. The summed E-state index contributed by atoms with van der Waals surface area (Å²) in [6.07, 6.45) is 3.46. The number of hydrogen-bond donors (Lipinski definition) is 1. The molecule has 26 heavy (non-hydrogen) atoms. The van der Waals surface area contributed by atoms with E-state index in [1.165, 1.54) is 0 Å². The van der Waals surface area contributed by atoms with Crippen molar-refractivity contribution in [3.63, 3.8) is 0 Å². The molecule has 4 rings (SSSR count). The number of amides is 1. The number of likely N-dealkylation sites (tertiary alicyclic amines) is 1. The van der Waals surface area contributed by atoms with Crippen LogP contribution < -0.4 is 5.32 Å².